The molecule has 0 atom stereocenters. The quantitative estimate of drug-likeness (QED) is 0.702. The lowest BCUT2D eigenvalue weighted by Gasteiger charge is -2.41. The Morgan fingerprint density at radius 2 is 1.86 bits per heavy atom. The molecule has 0 aromatic heterocycles. The van der Waals surface area contributed by atoms with Crippen LogP contribution in [0.15, 0.2) is 24.3 Å². The van der Waals surface area contributed by atoms with Gasteiger partial charge in [-0.25, -0.2) is 0 Å². The molecule has 1 rings (SSSR count). The van der Waals surface area contributed by atoms with Gasteiger partial charge in [-0.1, -0.05) is 29.8 Å². The molecule has 0 saturated heterocycles. The van der Waals surface area contributed by atoms with Crippen molar-refractivity contribution < 1.29 is 0 Å². The van der Waals surface area contributed by atoms with Crippen molar-refractivity contribution in [1.82, 2.24) is 5.06 Å². The highest BCUT2D eigenvalue weighted by molar-refractivity contribution is 6.31. The van der Waals surface area contributed by atoms with Crippen molar-refractivity contribution in [2.75, 3.05) is 0 Å². The predicted octanol–water partition coefficient (Wildman–Crippen LogP) is 3.44. The summed E-state index contributed by atoms with van der Waals surface area (Å²) in [5.41, 5.74) is 0.498. The van der Waals surface area contributed by atoms with Crippen LogP contribution in [-0.4, -0.2) is 10.6 Å². The zero-order chi connectivity index (χ0) is 10.8. The molecule has 0 N–H and O–H groups in total. The Morgan fingerprint density at radius 1 is 1.29 bits per heavy atom. The highest BCUT2D eigenvalue weighted by Gasteiger charge is 2.13. The molecule has 0 radical (unpaired) electrons. The zero-order valence-corrected chi connectivity index (χ0v) is 9.51. The molecule has 0 aliphatic heterocycles. The van der Waals surface area contributed by atoms with Crippen molar-refractivity contribution >= 4 is 11.6 Å². The Balaban J connectivity index is 2.75. The van der Waals surface area contributed by atoms with Gasteiger partial charge in [0.1, 0.15) is 0 Å². The average molecular weight is 213 g/mol. The molecule has 2 nitrogen and oxygen atoms in total. The fraction of sp³-hybridized carbons (Fsp3) is 0.455. The summed E-state index contributed by atoms with van der Waals surface area (Å²) in [6.45, 7) is 5.99. The standard InChI is InChI=1S/C11H15ClNO/c1-11(2,3)13(14)8-9-6-4-5-7-10(9)12/h4-7H,8H2,1-3H3/q-1. The van der Waals surface area contributed by atoms with Gasteiger partial charge in [-0.05, 0) is 32.4 Å². The van der Waals surface area contributed by atoms with E-state index in [1.165, 1.54) is 0 Å². The molecule has 0 fully saturated rings. The van der Waals surface area contributed by atoms with Crippen LogP contribution in [0.3, 0.4) is 0 Å². The maximum Gasteiger partial charge on any atom is 0.0450 e. The first-order valence-corrected chi connectivity index (χ1v) is 4.97. The first-order chi connectivity index (χ1) is 6.41. The predicted molar refractivity (Wildman–Crippen MR) is 60.1 cm³/mol. The van der Waals surface area contributed by atoms with E-state index in [1.807, 2.05) is 39.0 Å². The van der Waals surface area contributed by atoms with Gasteiger partial charge in [0.15, 0.2) is 0 Å². The van der Waals surface area contributed by atoms with Crippen LogP contribution in [0.1, 0.15) is 26.3 Å². The van der Waals surface area contributed by atoms with Crippen LogP contribution in [0.5, 0.6) is 0 Å². The minimum absolute atomic E-state index is 0.336. The minimum Gasteiger partial charge on any atom is -0.785 e. The lowest BCUT2D eigenvalue weighted by atomic mass is 10.1. The molecule has 14 heavy (non-hydrogen) atoms. The van der Waals surface area contributed by atoms with E-state index >= 15 is 0 Å². The van der Waals surface area contributed by atoms with Gasteiger partial charge in [0.2, 0.25) is 0 Å². The van der Waals surface area contributed by atoms with Crippen molar-refractivity contribution in [3.8, 4) is 0 Å². The number of halogens is 1. The number of hydrogen-bond donors (Lipinski definition) is 0. The van der Waals surface area contributed by atoms with E-state index in [0.29, 0.717) is 11.6 Å². The van der Waals surface area contributed by atoms with Gasteiger partial charge in [0.25, 0.3) is 0 Å². The van der Waals surface area contributed by atoms with Crippen LogP contribution in [0.25, 0.3) is 0 Å². The van der Waals surface area contributed by atoms with Gasteiger partial charge >= 0.3 is 0 Å². The smallest absolute Gasteiger partial charge is 0.0450 e. The Labute approximate surface area is 90.1 Å². The van der Waals surface area contributed by atoms with E-state index in [0.717, 1.165) is 10.6 Å². The molecule has 1 aromatic carbocycles. The summed E-state index contributed by atoms with van der Waals surface area (Å²) in [4.78, 5) is 0. The molecule has 0 saturated carbocycles. The third kappa shape index (κ3) is 2.98. The molecular weight excluding hydrogens is 198 g/mol. The summed E-state index contributed by atoms with van der Waals surface area (Å²) >= 11 is 5.95. The molecule has 3 heteroatoms. The van der Waals surface area contributed by atoms with Crippen molar-refractivity contribution in [3.63, 3.8) is 0 Å². The molecule has 1 aromatic rings. The summed E-state index contributed by atoms with van der Waals surface area (Å²) in [6, 6.07) is 7.42. The van der Waals surface area contributed by atoms with Crippen LogP contribution in [-0.2, 0) is 6.54 Å². The first kappa shape index (κ1) is 11.5. The third-order valence-corrected chi connectivity index (χ3v) is 2.39. The molecule has 0 spiro atoms. The maximum absolute atomic E-state index is 11.6. The van der Waals surface area contributed by atoms with Crippen LogP contribution in [0, 0.1) is 5.21 Å². The Morgan fingerprint density at radius 3 is 2.36 bits per heavy atom. The maximum atomic E-state index is 11.6. The molecule has 0 bridgehead atoms. The number of nitrogens with zero attached hydrogens (tertiary/aromatic N) is 1. The fourth-order valence-corrected chi connectivity index (χ4v) is 1.21. The molecular formula is C11H15ClNO-. The average Bonchev–Trinajstić information content (AvgIpc) is 2.07. The van der Waals surface area contributed by atoms with E-state index in [-0.39, 0.29) is 5.54 Å². The number of hydrogen-bond acceptors (Lipinski definition) is 2. The Hall–Kier alpha value is -0.570. The van der Waals surface area contributed by atoms with Gasteiger partial charge in [0.05, 0.1) is 0 Å². The van der Waals surface area contributed by atoms with Crippen molar-refractivity contribution in [1.29, 1.82) is 0 Å². The van der Waals surface area contributed by atoms with Gasteiger partial charge in [-0.3, -0.25) is 0 Å². The summed E-state index contributed by atoms with van der Waals surface area (Å²) < 4.78 is 0. The van der Waals surface area contributed by atoms with Gasteiger partial charge in [-0.15, -0.1) is 0 Å². The normalized spacial score (nSPS) is 12.1. The first-order valence-electron chi connectivity index (χ1n) is 4.59. The summed E-state index contributed by atoms with van der Waals surface area (Å²) in [7, 11) is 0. The van der Waals surface area contributed by atoms with Crippen LogP contribution in [0.2, 0.25) is 5.02 Å². The number of benzene rings is 1. The van der Waals surface area contributed by atoms with Crippen molar-refractivity contribution in [3.05, 3.63) is 40.1 Å². The van der Waals surface area contributed by atoms with Crippen LogP contribution < -0.4 is 0 Å². The highest BCUT2D eigenvalue weighted by Crippen LogP contribution is 2.20. The van der Waals surface area contributed by atoms with Gasteiger partial charge < -0.3 is 10.3 Å². The van der Waals surface area contributed by atoms with Gasteiger partial charge in [0, 0.05) is 17.1 Å². The second kappa shape index (κ2) is 4.30. The topological polar surface area (TPSA) is 26.3 Å². The highest BCUT2D eigenvalue weighted by atomic mass is 35.5. The largest absolute Gasteiger partial charge is 0.785 e. The minimum atomic E-state index is -0.376. The molecule has 0 aliphatic carbocycles. The Bertz CT molecular complexity index is 306. The summed E-state index contributed by atoms with van der Waals surface area (Å²) in [5, 5.41) is 13.3. The van der Waals surface area contributed by atoms with E-state index in [4.69, 9.17) is 11.6 Å². The molecule has 0 heterocycles. The summed E-state index contributed by atoms with van der Waals surface area (Å²) in [5.74, 6) is 0. The third-order valence-electron chi connectivity index (χ3n) is 2.02. The van der Waals surface area contributed by atoms with E-state index in [9.17, 15) is 5.21 Å². The second-order valence-electron chi connectivity index (χ2n) is 4.30. The second-order valence-corrected chi connectivity index (χ2v) is 4.71. The number of hydroxylamine groups is 2. The Kier molecular flexibility index (Phi) is 3.53. The SMILES string of the molecule is CC(C)(C)N([O-])Cc1ccccc1Cl. The number of rotatable bonds is 2. The van der Waals surface area contributed by atoms with Crippen LogP contribution in [0.4, 0.5) is 0 Å². The zero-order valence-electron chi connectivity index (χ0n) is 8.75. The lowest BCUT2D eigenvalue weighted by Crippen LogP contribution is -2.35. The molecule has 78 valence electrons. The molecule has 0 amide bonds. The van der Waals surface area contributed by atoms with Gasteiger partial charge in [-0.2, -0.15) is 0 Å². The molecule has 0 unspecified atom stereocenters. The summed E-state index contributed by atoms with van der Waals surface area (Å²) in [6.07, 6.45) is 0. The van der Waals surface area contributed by atoms with E-state index in [1.54, 1.807) is 6.07 Å². The fourth-order valence-electron chi connectivity index (χ4n) is 1.02. The molecule has 0 aliphatic rings. The monoisotopic (exact) mass is 212 g/mol. The van der Waals surface area contributed by atoms with Crippen molar-refractivity contribution in [2.24, 2.45) is 0 Å². The van der Waals surface area contributed by atoms with E-state index in [2.05, 4.69) is 0 Å². The lowest BCUT2D eigenvalue weighted by molar-refractivity contribution is 0.198. The van der Waals surface area contributed by atoms with Crippen LogP contribution >= 0.6 is 11.6 Å². The van der Waals surface area contributed by atoms with E-state index < -0.39 is 0 Å². The van der Waals surface area contributed by atoms with Crippen molar-refractivity contribution in [2.45, 2.75) is 32.9 Å².